The highest BCUT2D eigenvalue weighted by molar-refractivity contribution is 7.88. The van der Waals surface area contributed by atoms with Crippen LogP contribution in [0, 0.1) is 0 Å². The van der Waals surface area contributed by atoms with Gasteiger partial charge in [0.1, 0.15) is 0 Å². The number of nitrogens with one attached hydrogen (secondary N) is 3. The fourth-order valence-corrected chi connectivity index (χ4v) is 3.45. The Bertz CT molecular complexity index is 600. The monoisotopic (exact) mass is 357 g/mol. The van der Waals surface area contributed by atoms with Gasteiger partial charge in [-0.25, -0.2) is 13.1 Å². The van der Waals surface area contributed by atoms with Gasteiger partial charge in [0.2, 0.25) is 15.9 Å². The lowest BCUT2D eigenvalue weighted by Crippen LogP contribution is -2.34. The van der Waals surface area contributed by atoms with Crippen LogP contribution in [0.2, 0.25) is 0 Å². The molecule has 0 heterocycles. The van der Waals surface area contributed by atoms with Gasteiger partial charge in [-0.05, 0) is 25.0 Å². The van der Waals surface area contributed by atoms with Gasteiger partial charge in [-0.2, -0.15) is 0 Å². The van der Waals surface area contributed by atoms with Crippen molar-refractivity contribution in [3.8, 4) is 0 Å². The van der Waals surface area contributed by atoms with E-state index >= 15 is 0 Å². The van der Waals surface area contributed by atoms with Crippen molar-refractivity contribution in [1.82, 2.24) is 15.4 Å². The molecule has 0 radical (unpaired) electrons. The third-order valence-corrected chi connectivity index (χ3v) is 4.60. The Hall–Kier alpha value is -1.48. The Balaban J connectivity index is 2.41. The fraction of sp³-hybridized carbons (Fsp3) is 0.562. The zero-order valence-corrected chi connectivity index (χ0v) is 15.3. The minimum absolute atomic E-state index is 0.0543. The molecular formula is C16H27N3O4S. The molecule has 0 fully saturated rings. The molecule has 136 valence electrons. The Labute approximate surface area is 144 Å². The van der Waals surface area contributed by atoms with Crippen molar-refractivity contribution in [1.29, 1.82) is 0 Å². The molecule has 0 aliphatic rings. The van der Waals surface area contributed by atoms with Gasteiger partial charge in [-0.3, -0.25) is 4.79 Å². The second-order valence-corrected chi connectivity index (χ2v) is 7.55. The van der Waals surface area contributed by atoms with Crippen molar-refractivity contribution in [2.75, 3.05) is 26.8 Å². The second kappa shape index (κ2) is 10.4. The van der Waals surface area contributed by atoms with Crippen LogP contribution >= 0.6 is 0 Å². The molecule has 1 rings (SSSR count). The molecule has 0 saturated carbocycles. The second-order valence-electron chi connectivity index (χ2n) is 5.79. The molecule has 0 spiro atoms. The van der Waals surface area contributed by atoms with Gasteiger partial charge in [0.15, 0.2) is 0 Å². The van der Waals surface area contributed by atoms with E-state index < -0.39 is 10.0 Å². The van der Waals surface area contributed by atoms with Crippen molar-refractivity contribution in [3.05, 3.63) is 35.4 Å². The third-order valence-electron chi connectivity index (χ3n) is 3.05. The van der Waals surface area contributed by atoms with Crippen LogP contribution in [0.25, 0.3) is 0 Å². The molecule has 0 saturated heterocycles. The molecule has 24 heavy (non-hydrogen) atoms. The number of ether oxygens (including phenoxy) is 1. The van der Waals surface area contributed by atoms with E-state index in [-0.39, 0.29) is 24.2 Å². The first-order valence-electron chi connectivity index (χ1n) is 7.86. The number of methoxy groups -OCH3 is 1. The lowest BCUT2D eigenvalue weighted by molar-refractivity contribution is -0.120. The predicted octanol–water partition coefficient (Wildman–Crippen LogP) is 0.367. The van der Waals surface area contributed by atoms with E-state index in [1.165, 1.54) is 0 Å². The van der Waals surface area contributed by atoms with Crippen LogP contribution in [0.5, 0.6) is 0 Å². The van der Waals surface area contributed by atoms with Crippen molar-refractivity contribution in [2.24, 2.45) is 0 Å². The van der Waals surface area contributed by atoms with Crippen LogP contribution in [-0.2, 0) is 31.9 Å². The molecule has 3 N–H and O–H groups in total. The van der Waals surface area contributed by atoms with Gasteiger partial charge in [0, 0.05) is 26.2 Å². The van der Waals surface area contributed by atoms with E-state index in [0.717, 1.165) is 5.56 Å². The van der Waals surface area contributed by atoms with Crippen molar-refractivity contribution >= 4 is 15.9 Å². The number of rotatable bonds is 11. The standard InChI is InChI=1S/C16H27N3O4S/c1-13(2)19-24(21,22)12-15-6-4-14(5-7-15)10-18-16(20)11-17-8-9-23-3/h4-7,13,17,19H,8-12H2,1-3H3,(H,18,20). The molecule has 0 unspecified atom stereocenters. The highest BCUT2D eigenvalue weighted by atomic mass is 32.2. The average molecular weight is 357 g/mol. The largest absolute Gasteiger partial charge is 0.383 e. The van der Waals surface area contributed by atoms with Gasteiger partial charge in [0.05, 0.1) is 18.9 Å². The lowest BCUT2D eigenvalue weighted by atomic mass is 10.1. The molecule has 0 bridgehead atoms. The van der Waals surface area contributed by atoms with Crippen molar-refractivity contribution in [3.63, 3.8) is 0 Å². The quantitative estimate of drug-likeness (QED) is 0.497. The van der Waals surface area contributed by atoms with Gasteiger partial charge in [-0.1, -0.05) is 24.3 Å². The molecule has 1 aromatic rings. The number of benzene rings is 1. The Kier molecular flexibility index (Phi) is 8.91. The molecule has 8 heteroatoms. The number of amides is 1. The summed E-state index contributed by atoms with van der Waals surface area (Å²) in [6.45, 7) is 5.39. The number of carbonyl (C=O) groups is 1. The van der Waals surface area contributed by atoms with E-state index in [9.17, 15) is 13.2 Å². The van der Waals surface area contributed by atoms with Crippen LogP contribution in [0.1, 0.15) is 25.0 Å². The van der Waals surface area contributed by atoms with E-state index in [1.807, 2.05) is 12.1 Å². The van der Waals surface area contributed by atoms with Gasteiger partial charge < -0.3 is 15.4 Å². The van der Waals surface area contributed by atoms with E-state index in [4.69, 9.17) is 4.74 Å². The fourth-order valence-electron chi connectivity index (χ4n) is 2.01. The molecule has 0 aliphatic heterocycles. The Morgan fingerprint density at radius 1 is 1.17 bits per heavy atom. The van der Waals surface area contributed by atoms with Crippen LogP contribution < -0.4 is 15.4 Å². The highest BCUT2D eigenvalue weighted by Gasteiger charge is 2.12. The van der Waals surface area contributed by atoms with Gasteiger partial charge >= 0.3 is 0 Å². The molecule has 1 amide bonds. The SMILES string of the molecule is COCCNCC(=O)NCc1ccc(CS(=O)(=O)NC(C)C)cc1. The summed E-state index contributed by atoms with van der Waals surface area (Å²) in [6, 6.07) is 7.04. The van der Waals surface area contributed by atoms with Crippen molar-refractivity contribution in [2.45, 2.75) is 32.2 Å². The number of carbonyl (C=O) groups excluding carboxylic acids is 1. The highest BCUT2D eigenvalue weighted by Crippen LogP contribution is 2.08. The predicted molar refractivity (Wildman–Crippen MR) is 93.9 cm³/mol. The van der Waals surface area contributed by atoms with Crippen LogP contribution in [0.4, 0.5) is 0 Å². The Morgan fingerprint density at radius 2 is 1.79 bits per heavy atom. The Morgan fingerprint density at radius 3 is 2.38 bits per heavy atom. The topological polar surface area (TPSA) is 96.5 Å². The smallest absolute Gasteiger partial charge is 0.234 e. The molecule has 0 aliphatic carbocycles. The van der Waals surface area contributed by atoms with E-state index in [1.54, 1.807) is 33.1 Å². The summed E-state index contributed by atoms with van der Waals surface area (Å²) >= 11 is 0. The maximum Gasteiger partial charge on any atom is 0.234 e. The zero-order chi connectivity index (χ0) is 18.0. The molecule has 1 aromatic carbocycles. The van der Waals surface area contributed by atoms with Crippen LogP contribution in [-0.4, -0.2) is 47.2 Å². The summed E-state index contributed by atoms with van der Waals surface area (Å²) in [4.78, 5) is 11.6. The van der Waals surface area contributed by atoms with E-state index in [0.29, 0.717) is 25.3 Å². The average Bonchev–Trinajstić information content (AvgIpc) is 2.49. The van der Waals surface area contributed by atoms with Crippen LogP contribution in [0.15, 0.2) is 24.3 Å². The summed E-state index contributed by atoms with van der Waals surface area (Å²) in [7, 11) is -1.72. The minimum Gasteiger partial charge on any atom is -0.383 e. The third kappa shape index (κ3) is 8.97. The normalized spacial score (nSPS) is 11.7. The molecule has 0 atom stereocenters. The maximum atomic E-state index is 11.9. The van der Waals surface area contributed by atoms with Gasteiger partial charge in [-0.15, -0.1) is 0 Å². The molecular weight excluding hydrogens is 330 g/mol. The minimum atomic E-state index is -3.33. The van der Waals surface area contributed by atoms with Crippen molar-refractivity contribution < 1.29 is 17.9 Å². The zero-order valence-electron chi connectivity index (χ0n) is 14.5. The number of hydrogen-bond acceptors (Lipinski definition) is 5. The maximum absolute atomic E-state index is 11.9. The summed E-state index contributed by atoms with van der Waals surface area (Å²) in [5, 5.41) is 5.76. The first-order chi connectivity index (χ1) is 11.3. The lowest BCUT2D eigenvalue weighted by Gasteiger charge is -2.10. The number of hydrogen-bond donors (Lipinski definition) is 3. The van der Waals surface area contributed by atoms with Gasteiger partial charge in [0.25, 0.3) is 0 Å². The number of sulfonamides is 1. The first kappa shape index (κ1) is 20.6. The molecule has 7 nitrogen and oxygen atoms in total. The summed E-state index contributed by atoms with van der Waals surface area (Å²) < 4.78 is 31.2. The first-order valence-corrected chi connectivity index (χ1v) is 9.52. The summed E-state index contributed by atoms with van der Waals surface area (Å²) in [5.41, 5.74) is 1.62. The van der Waals surface area contributed by atoms with E-state index in [2.05, 4.69) is 15.4 Å². The molecule has 0 aromatic heterocycles. The summed E-state index contributed by atoms with van der Waals surface area (Å²) in [6.07, 6.45) is 0. The summed E-state index contributed by atoms with van der Waals surface area (Å²) in [5.74, 6) is -0.153. The van der Waals surface area contributed by atoms with Crippen LogP contribution in [0.3, 0.4) is 0 Å².